The van der Waals surface area contributed by atoms with Crippen molar-refractivity contribution in [1.29, 1.82) is 0 Å². The Balaban J connectivity index is 1.87. The van der Waals surface area contributed by atoms with Gasteiger partial charge in [-0.1, -0.05) is 30.3 Å². The third kappa shape index (κ3) is 3.55. The second-order valence-electron chi connectivity index (χ2n) is 4.73. The molecule has 4 heteroatoms. The van der Waals surface area contributed by atoms with Gasteiger partial charge in [-0.15, -0.1) is 0 Å². The molecular weight excluding hydrogens is 228 g/mol. The first-order chi connectivity index (χ1) is 8.79. The monoisotopic (exact) mass is 248 g/mol. The van der Waals surface area contributed by atoms with Crippen LogP contribution in [0.2, 0.25) is 0 Å². The number of carbonyl (C=O) groups is 1. The highest BCUT2D eigenvalue weighted by atomic mass is 16.3. The lowest BCUT2D eigenvalue weighted by Gasteiger charge is -2.19. The maximum atomic E-state index is 11.9. The zero-order chi connectivity index (χ0) is 12.8. The van der Waals surface area contributed by atoms with Crippen LogP contribution in [-0.4, -0.2) is 36.2 Å². The topological polar surface area (TPSA) is 61.4 Å². The van der Waals surface area contributed by atoms with E-state index in [1.54, 1.807) is 0 Å². The van der Waals surface area contributed by atoms with E-state index in [4.69, 9.17) is 0 Å². The van der Waals surface area contributed by atoms with Crippen molar-refractivity contribution in [2.75, 3.05) is 13.2 Å². The molecule has 1 fully saturated rings. The summed E-state index contributed by atoms with van der Waals surface area (Å²) in [7, 11) is 0. The summed E-state index contributed by atoms with van der Waals surface area (Å²) in [5.41, 5.74) is 1.12. The lowest BCUT2D eigenvalue weighted by atomic mass is 10.1. The Hall–Kier alpha value is -1.39. The average molecular weight is 248 g/mol. The van der Waals surface area contributed by atoms with Crippen LogP contribution in [0.15, 0.2) is 30.3 Å². The number of aliphatic hydroxyl groups is 1. The molecule has 0 saturated carbocycles. The van der Waals surface area contributed by atoms with Crippen molar-refractivity contribution in [2.45, 2.75) is 31.3 Å². The summed E-state index contributed by atoms with van der Waals surface area (Å²) in [6.07, 6.45) is 2.59. The maximum Gasteiger partial charge on any atom is 0.237 e. The van der Waals surface area contributed by atoms with Gasteiger partial charge in [-0.3, -0.25) is 4.79 Å². The molecule has 0 unspecified atom stereocenters. The summed E-state index contributed by atoms with van der Waals surface area (Å²) in [5.74, 6) is 0.00230. The smallest absolute Gasteiger partial charge is 0.237 e. The fourth-order valence-corrected chi connectivity index (χ4v) is 2.27. The van der Waals surface area contributed by atoms with Crippen LogP contribution in [0, 0.1) is 0 Å². The first-order valence-electron chi connectivity index (χ1n) is 6.48. The van der Waals surface area contributed by atoms with Gasteiger partial charge in [0.25, 0.3) is 0 Å². The predicted molar refractivity (Wildman–Crippen MR) is 70.2 cm³/mol. The van der Waals surface area contributed by atoms with Crippen LogP contribution in [0.1, 0.15) is 18.4 Å². The third-order valence-corrected chi connectivity index (χ3v) is 3.27. The summed E-state index contributed by atoms with van der Waals surface area (Å²) < 4.78 is 0. The first kappa shape index (κ1) is 13.1. The van der Waals surface area contributed by atoms with Gasteiger partial charge >= 0.3 is 0 Å². The number of hydrogen-bond acceptors (Lipinski definition) is 3. The number of hydrogen-bond donors (Lipinski definition) is 3. The molecule has 2 atom stereocenters. The van der Waals surface area contributed by atoms with Gasteiger partial charge in [0.2, 0.25) is 5.91 Å². The maximum absolute atomic E-state index is 11.9. The molecule has 1 saturated heterocycles. The van der Waals surface area contributed by atoms with Crippen molar-refractivity contribution in [3.8, 4) is 0 Å². The van der Waals surface area contributed by atoms with Crippen molar-refractivity contribution in [1.82, 2.24) is 10.6 Å². The van der Waals surface area contributed by atoms with E-state index in [-0.39, 0.29) is 24.6 Å². The highest BCUT2D eigenvalue weighted by molar-refractivity contribution is 5.82. The van der Waals surface area contributed by atoms with Gasteiger partial charge in [0.1, 0.15) is 0 Å². The molecule has 4 nitrogen and oxygen atoms in total. The van der Waals surface area contributed by atoms with Crippen LogP contribution < -0.4 is 10.6 Å². The van der Waals surface area contributed by atoms with Crippen LogP contribution in [0.5, 0.6) is 0 Å². The molecule has 0 bridgehead atoms. The van der Waals surface area contributed by atoms with Crippen LogP contribution >= 0.6 is 0 Å². The highest BCUT2D eigenvalue weighted by Gasteiger charge is 2.23. The molecule has 1 aromatic rings. The summed E-state index contributed by atoms with van der Waals surface area (Å²) in [6.45, 7) is 0.869. The minimum Gasteiger partial charge on any atom is -0.394 e. The molecular formula is C14H20N2O2. The van der Waals surface area contributed by atoms with Crippen molar-refractivity contribution >= 4 is 5.91 Å². The Morgan fingerprint density at radius 2 is 2.22 bits per heavy atom. The zero-order valence-electron chi connectivity index (χ0n) is 10.4. The molecule has 18 heavy (non-hydrogen) atoms. The summed E-state index contributed by atoms with van der Waals surface area (Å²) in [4.78, 5) is 11.9. The van der Waals surface area contributed by atoms with Crippen molar-refractivity contribution < 1.29 is 9.90 Å². The molecule has 1 aliphatic rings. The predicted octanol–water partition coefficient (Wildman–Crippen LogP) is 0.458. The van der Waals surface area contributed by atoms with E-state index in [2.05, 4.69) is 10.6 Å². The van der Waals surface area contributed by atoms with Crippen LogP contribution in [-0.2, 0) is 11.2 Å². The average Bonchev–Trinajstić information content (AvgIpc) is 2.93. The van der Waals surface area contributed by atoms with Gasteiger partial charge in [0.15, 0.2) is 0 Å². The molecule has 1 heterocycles. The van der Waals surface area contributed by atoms with Crippen LogP contribution in [0.25, 0.3) is 0 Å². The number of aliphatic hydroxyl groups excluding tert-OH is 1. The molecule has 98 valence electrons. The highest BCUT2D eigenvalue weighted by Crippen LogP contribution is 2.07. The third-order valence-electron chi connectivity index (χ3n) is 3.27. The van der Waals surface area contributed by atoms with Gasteiger partial charge in [-0.2, -0.15) is 0 Å². The molecule has 1 aliphatic heterocycles. The summed E-state index contributed by atoms with van der Waals surface area (Å²) >= 11 is 0. The minimum atomic E-state index is -0.206. The molecule has 0 aromatic heterocycles. The Bertz CT molecular complexity index is 375. The van der Waals surface area contributed by atoms with Crippen LogP contribution in [0.3, 0.4) is 0 Å². The molecule has 0 radical (unpaired) electrons. The number of rotatable bonds is 5. The molecule has 0 aliphatic carbocycles. The van der Waals surface area contributed by atoms with Gasteiger partial charge in [-0.05, 0) is 31.4 Å². The zero-order valence-corrected chi connectivity index (χ0v) is 10.4. The SMILES string of the molecule is O=C(N[C@H](CO)Cc1ccccc1)[C@@H]1CCCN1. The number of nitrogens with one attached hydrogen (secondary N) is 2. The van der Waals surface area contributed by atoms with E-state index >= 15 is 0 Å². The van der Waals surface area contributed by atoms with Crippen LogP contribution in [0.4, 0.5) is 0 Å². The first-order valence-corrected chi connectivity index (χ1v) is 6.48. The second-order valence-corrected chi connectivity index (χ2v) is 4.73. The summed E-state index contributed by atoms with van der Waals surface area (Å²) in [6, 6.07) is 9.59. The largest absolute Gasteiger partial charge is 0.394 e. The van der Waals surface area contributed by atoms with Gasteiger partial charge in [0.05, 0.1) is 18.7 Å². The van der Waals surface area contributed by atoms with E-state index < -0.39 is 0 Å². The Morgan fingerprint density at radius 3 is 2.83 bits per heavy atom. The normalized spacial score (nSPS) is 20.6. The number of benzene rings is 1. The van der Waals surface area contributed by atoms with E-state index in [9.17, 15) is 9.90 Å². The van der Waals surface area contributed by atoms with Gasteiger partial charge < -0.3 is 15.7 Å². The quantitative estimate of drug-likeness (QED) is 0.709. The van der Waals surface area contributed by atoms with E-state index in [1.165, 1.54) is 0 Å². The number of amides is 1. The van der Waals surface area contributed by atoms with Crippen molar-refractivity contribution in [3.63, 3.8) is 0 Å². The minimum absolute atomic E-state index is 0.00230. The fraction of sp³-hybridized carbons (Fsp3) is 0.500. The number of carbonyl (C=O) groups excluding carboxylic acids is 1. The Labute approximate surface area is 107 Å². The molecule has 2 rings (SSSR count). The van der Waals surface area contributed by atoms with Crippen molar-refractivity contribution in [2.24, 2.45) is 0 Å². The van der Waals surface area contributed by atoms with Crippen molar-refractivity contribution in [3.05, 3.63) is 35.9 Å². The standard InChI is InChI=1S/C14H20N2O2/c17-10-12(9-11-5-2-1-3-6-11)16-14(18)13-7-4-8-15-13/h1-3,5-6,12-13,15,17H,4,7-10H2,(H,16,18)/t12-,13-/m0/s1. The Kier molecular flexibility index (Phi) is 4.73. The molecule has 0 spiro atoms. The lowest BCUT2D eigenvalue weighted by Crippen LogP contribution is -2.47. The van der Waals surface area contributed by atoms with Gasteiger partial charge in [-0.25, -0.2) is 0 Å². The molecule has 1 aromatic carbocycles. The van der Waals surface area contributed by atoms with Gasteiger partial charge in [0, 0.05) is 0 Å². The second kappa shape index (κ2) is 6.52. The molecule has 3 N–H and O–H groups in total. The fourth-order valence-electron chi connectivity index (χ4n) is 2.27. The molecule has 1 amide bonds. The lowest BCUT2D eigenvalue weighted by molar-refractivity contribution is -0.123. The summed E-state index contributed by atoms with van der Waals surface area (Å²) in [5, 5.41) is 15.4. The van der Waals surface area contributed by atoms with E-state index in [0.29, 0.717) is 6.42 Å². The van der Waals surface area contributed by atoms with E-state index in [1.807, 2.05) is 30.3 Å². The Morgan fingerprint density at radius 1 is 1.44 bits per heavy atom. The van der Waals surface area contributed by atoms with E-state index in [0.717, 1.165) is 24.9 Å².